The smallest absolute Gasteiger partial charge is 0.317 e. The Balaban J connectivity index is 2.29. The number of carbonyl (C=O) groups is 3. The van der Waals surface area contributed by atoms with Crippen LogP contribution in [0.2, 0.25) is 10.0 Å². The molecule has 2 aromatic rings. The molecule has 1 aromatic carbocycles. The van der Waals surface area contributed by atoms with Crippen LogP contribution >= 0.6 is 23.2 Å². The summed E-state index contributed by atoms with van der Waals surface area (Å²) in [6.45, 7) is 0. The molecular formula is C15H13Cl2N3O5. The Morgan fingerprint density at radius 2 is 1.88 bits per heavy atom. The Morgan fingerprint density at radius 3 is 2.48 bits per heavy atom. The van der Waals surface area contributed by atoms with E-state index in [1.807, 2.05) is 0 Å². The van der Waals surface area contributed by atoms with Gasteiger partial charge in [-0.1, -0.05) is 28.4 Å². The molecule has 0 N–H and O–H groups in total. The lowest BCUT2D eigenvalue weighted by Gasteiger charge is -2.10. The highest BCUT2D eigenvalue weighted by atomic mass is 35.5. The van der Waals surface area contributed by atoms with E-state index >= 15 is 0 Å². The lowest BCUT2D eigenvalue weighted by atomic mass is 9.98. The quantitative estimate of drug-likeness (QED) is 0.426. The largest absolute Gasteiger partial charge is 0.469 e. The average molecular weight is 386 g/mol. The second-order valence-electron chi connectivity index (χ2n) is 4.87. The van der Waals surface area contributed by atoms with E-state index in [-0.39, 0.29) is 5.69 Å². The number of ether oxygens (including phenoxy) is 2. The van der Waals surface area contributed by atoms with Crippen molar-refractivity contribution in [1.29, 1.82) is 0 Å². The molecular weight excluding hydrogens is 373 g/mol. The minimum absolute atomic E-state index is 0.106. The molecule has 0 aliphatic heterocycles. The highest BCUT2D eigenvalue weighted by molar-refractivity contribution is 6.42. The summed E-state index contributed by atoms with van der Waals surface area (Å²) in [6, 6.07) is 4.74. The number of rotatable bonds is 6. The first-order valence-electron chi connectivity index (χ1n) is 6.94. The number of benzene rings is 1. The summed E-state index contributed by atoms with van der Waals surface area (Å²) in [4.78, 5) is 35.7. The maximum absolute atomic E-state index is 12.5. The van der Waals surface area contributed by atoms with Crippen LogP contribution in [-0.4, -0.2) is 46.9 Å². The third-order valence-electron chi connectivity index (χ3n) is 3.31. The SMILES string of the molecule is COC(=O)C[C@@H](C(=O)OC)C(=O)c1cn(-c2ccc(Cl)c(Cl)c2)nn1. The molecule has 132 valence electrons. The van der Waals surface area contributed by atoms with Crippen LogP contribution in [0.4, 0.5) is 0 Å². The van der Waals surface area contributed by atoms with Crippen LogP contribution in [0.25, 0.3) is 5.69 Å². The predicted molar refractivity (Wildman–Crippen MR) is 87.8 cm³/mol. The van der Waals surface area contributed by atoms with Gasteiger partial charge in [0.15, 0.2) is 5.78 Å². The molecule has 0 unspecified atom stereocenters. The van der Waals surface area contributed by atoms with Crippen molar-refractivity contribution >= 4 is 40.9 Å². The van der Waals surface area contributed by atoms with Gasteiger partial charge in [0.2, 0.25) is 0 Å². The molecule has 0 bridgehead atoms. The molecule has 0 radical (unpaired) electrons. The molecule has 8 nitrogen and oxygen atoms in total. The van der Waals surface area contributed by atoms with Gasteiger partial charge in [0.25, 0.3) is 0 Å². The Bertz CT molecular complexity index is 821. The average Bonchev–Trinajstić information content (AvgIpc) is 3.10. The van der Waals surface area contributed by atoms with Crippen LogP contribution in [0.15, 0.2) is 24.4 Å². The van der Waals surface area contributed by atoms with Gasteiger partial charge in [-0.3, -0.25) is 14.4 Å². The van der Waals surface area contributed by atoms with Gasteiger partial charge in [-0.2, -0.15) is 0 Å². The van der Waals surface area contributed by atoms with Gasteiger partial charge in [-0.25, -0.2) is 4.68 Å². The first-order chi connectivity index (χ1) is 11.9. The second kappa shape index (κ2) is 8.09. The number of esters is 2. The van der Waals surface area contributed by atoms with Gasteiger partial charge in [-0.05, 0) is 18.2 Å². The van der Waals surface area contributed by atoms with Crippen molar-refractivity contribution in [3.63, 3.8) is 0 Å². The van der Waals surface area contributed by atoms with Crippen molar-refractivity contribution in [3.8, 4) is 5.69 Å². The van der Waals surface area contributed by atoms with Gasteiger partial charge < -0.3 is 9.47 Å². The molecule has 0 fully saturated rings. The first kappa shape index (κ1) is 18.9. The Morgan fingerprint density at radius 1 is 1.16 bits per heavy atom. The van der Waals surface area contributed by atoms with Crippen LogP contribution < -0.4 is 0 Å². The molecule has 1 aromatic heterocycles. The molecule has 0 saturated carbocycles. The molecule has 0 spiro atoms. The maximum Gasteiger partial charge on any atom is 0.317 e. The summed E-state index contributed by atoms with van der Waals surface area (Å²) in [5.74, 6) is -3.65. The maximum atomic E-state index is 12.5. The molecule has 0 saturated heterocycles. The highest BCUT2D eigenvalue weighted by Crippen LogP contribution is 2.24. The fraction of sp³-hybridized carbons (Fsp3) is 0.267. The monoisotopic (exact) mass is 385 g/mol. The summed E-state index contributed by atoms with van der Waals surface area (Å²) in [5, 5.41) is 8.24. The van der Waals surface area contributed by atoms with Crippen molar-refractivity contribution in [2.75, 3.05) is 14.2 Å². The zero-order valence-corrected chi connectivity index (χ0v) is 14.7. The van der Waals surface area contributed by atoms with Crippen LogP contribution in [0.1, 0.15) is 16.9 Å². The molecule has 2 rings (SSSR count). The normalized spacial score (nSPS) is 11.7. The highest BCUT2D eigenvalue weighted by Gasteiger charge is 2.33. The number of Topliss-reactive ketones (excluding diaryl/α,β-unsaturated/α-hetero) is 1. The first-order valence-corrected chi connectivity index (χ1v) is 7.69. The number of ketones is 1. The lowest BCUT2D eigenvalue weighted by Crippen LogP contribution is -2.28. The van der Waals surface area contributed by atoms with Crippen molar-refractivity contribution in [2.45, 2.75) is 6.42 Å². The summed E-state index contributed by atoms with van der Waals surface area (Å²) in [7, 11) is 2.27. The lowest BCUT2D eigenvalue weighted by molar-refractivity contribution is -0.150. The number of carbonyl (C=O) groups excluding carboxylic acids is 3. The number of hydrogen-bond donors (Lipinski definition) is 0. The number of hydrogen-bond acceptors (Lipinski definition) is 7. The fourth-order valence-corrected chi connectivity index (χ4v) is 2.28. The standard InChI is InChI=1S/C15H13Cl2N3O5/c1-24-13(21)6-9(15(23)25-2)14(22)12-7-20(19-18-12)8-3-4-10(16)11(17)5-8/h3-5,7,9H,6H2,1-2H3/t9-/m1/s1. The summed E-state index contributed by atoms with van der Waals surface area (Å²) < 4.78 is 10.4. The van der Waals surface area contributed by atoms with E-state index in [2.05, 4.69) is 19.8 Å². The van der Waals surface area contributed by atoms with Crippen LogP contribution in [0.3, 0.4) is 0 Å². The van der Waals surface area contributed by atoms with Gasteiger partial charge in [0, 0.05) is 0 Å². The summed E-state index contributed by atoms with van der Waals surface area (Å²) in [6.07, 6.45) is 0.858. The number of methoxy groups -OCH3 is 2. The Labute approximate surface area is 152 Å². The summed E-state index contributed by atoms with van der Waals surface area (Å²) in [5.41, 5.74) is 0.411. The third-order valence-corrected chi connectivity index (χ3v) is 4.05. The van der Waals surface area contributed by atoms with E-state index in [1.165, 1.54) is 10.9 Å². The van der Waals surface area contributed by atoms with Crippen LogP contribution in [0.5, 0.6) is 0 Å². The molecule has 25 heavy (non-hydrogen) atoms. The second-order valence-corrected chi connectivity index (χ2v) is 5.68. The van der Waals surface area contributed by atoms with Crippen molar-refractivity contribution < 1.29 is 23.9 Å². The van der Waals surface area contributed by atoms with Crippen molar-refractivity contribution in [3.05, 3.63) is 40.1 Å². The number of aromatic nitrogens is 3. The Kier molecular flexibility index (Phi) is 6.11. The van der Waals surface area contributed by atoms with Crippen LogP contribution in [0, 0.1) is 5.92 Å². The topological polar surface area (TPSA) is 100 Å². The van der Waals surface area contributed by atoms with Gasteiger partial charge >= 0.3 is 11.9 Å². The van der Waals surface area contributed by atoms with E-state index in [4.69, 9.17) is 23.2 Å². The predicted octanol–water partition coefficient (Wildman–Crippen LogP) is 2.11. The van der Waals surface area contributed by atoms with E-state index in [1.54, 1.807) is 18.2 Å². The minimum atomic E-state index is -1.36. The van der Waals surface area contributed by atoms with E-state index < -0.39 is 30.1 Å². The summed E-state index contributed by atoms with van der Waals surface area (Å²) >= 11 is 11.8. The van der Waals surface area contributed by atoms with Crippen molar-refractivity contribution in [2.24, 2.45) is 5.92 Å². The van der Waals surface area contributed by atoms with Gasteiger partial charge in [-0.15, -0.1) is 5.10 Å². The molecule has 0 aliphatic carbocycles. The van der Waals surface area contributed by atoms with E-state index in [0.29, 0.717) is 15.7 Å². The molecule has 1 atom stereocenters. The molecule has 1 heterocycles. The van der Waals surface area contributed by atoms with Crippen LogP contribution in [-0.2, 0) is 19.1 Å². The fourth-order valence-electron chi connectivity index (χ4n) is 1.98. The van der Waals surface area contributed by atoms with Crippen molar-refractivity contribution in [1.82, 2.24) is 15.0 Å². The van der Waals surface area contributed by atoms with Gasteiger partial charge in [0.1, 0.15) is 11.6 Å². The zero-order chi connectivity index (χ0) is 18.6. The van der Waals surface area contributed by atoms with Gasteiger partial charge in [0.05, 0.1) is 42.6 Å². The Hall–Kier alpha value is -2.45. The molecule has 10 heteroatoms. The molecule has 0 amide bonds. The number of nitrogens with zero attached hydrogens (tertiary/aromatic N) is 3. The molecule has 0 aliphatic rings. The third kappa shape index (κ3) is 4.34. The minimum Gasteiger partial charge on any atom is -0.469 e. The van der Waals surface area contributed by atoms with E-state index in [9.17, 15) is 14.4 Å². The zero-order valence-electron chi connectivity index (χ0n) is 13.2. The van der Waals surface area contributed by atoms with E-state index in [0.717, 1.165) is 14.2 Å². The number of halogens is 2.